The smallest absolute Gasteiger partial charge is 0.261 e. The van der Waals surface area contributed by atoms with E-state index in [0.717, 1.165) is 4.88 Å². The molecule has 0 saturated heterocycles. The van der Waals surface area contributed by atoms with Crippen LogP contribution in [0.15, 0.2) is 4.79 Å². The molecule has 86 valence electrons. The number of hydrogen-bond donors (Lipinski definition) is 1. The molecule has 0 aliphatic heterocycles. The van der Waals surface area contributed by atoms with Crippen LogP contribution < -0.4 is 5.56 Å². The average molecular weight is 237 g/mol. The maximum atomic E-state index is 12.0. The van der Waals surface area contributed by atoms with Gasteiger partial charge in [-0.2, -0.15) is 4.37 Å². The molecular weight excluding hydrogens is 222 g/mol. The summed E-state index contributed by atoms with van der Waals surface area (Å²) < 4.78 is 4.27. The number of nitrogens with one attached hydrogen (secondary N) is 1. The molecule has 0 unspecified atom stereocenters. The Balaban J connectivity index is 2.79. The molecule has 0 bridgehead atoms. The van der Waals surface area contributed by atoms with E-state index >= 15 is 0 Å². The highest BCUT2D eigenvalue weighted by molar-refractivity contribution is 7.07. The maximum absolute atomic E-state index is 12.0. The van der Waals surface area contributed by atoms with E-state index in [2.05, 4.69) is 35.1 Å². The Hall–Kier alpha value is -1.23. The Morgan fingerprint density at radius 3 is 2.62 bits per heavy atom. The summed E-state index contributed by atoms with van der Waals surface area (Å²) in [5.74, 6) is 0.697. The van der Waals surface area contributed by atoms with E-state index in [9.17, 15) is 4.79 Å². The molecule has 0 radical (unpaired) electrons. The van der Waals surface area contributed by atoms with Gasteiger partial charge in [-0.15, -0.1) is 0 Å². The number of rotatable bonds is 1. The highest BCUT2D eigenvalue weighted by Crippen LogP contribution is 2.30. The fourth-order valence-electron chi connectivity index (χ4n) is 1.59. The normalized spacial score (nSPS) is 12.2. The first-order valence-corrected chi connectivity index (χ1v) is 6.10. The lowest BCUT2D eigenvalue weighted by Crippen LogP contribution is -2.16. The first-order valence-electron chi connectivity index (χ1n) is 5.32. The van der Waals surface area contributed by atoms with Crippen LogP contribution >= 0.6 is 11.5 Å². The zero-order valence-electron chi connectivity index (χ0n) is 9.92. The van der Waals surface area contributed by atoms with Crippen molar-refractivity contribution in [1.82, 2.24) is 14.3 Å². The van der Waals surface area contributed by atoms with Crippen molar-refractivity contribution in [2.45, 2.75) is 39.5 Å². The maximum Gasteiger partial charge on any atom is 0.261 e. The van der Waals surface area contributed by atoms with Crippen LogP contribution in [0.3, 0.4) is 0 Å². The lowest BCUT2D eigenvalue weighted by atomic mass is 9.93. The Bertz CT molecular complexity index is 577. The predicted molar refractivity (Wildman–Crippen MR) is 66.1 cm³/mol. The SMILES string of the molecule is CCc1nc2nsc(C(C)(C)C)c2c(=O)[nH]1. The molecule has 0 amide bonds. The van der Waals surface area contributed by atoms with Crippen molar-refractivity contribution in [3.05, 3.63) is 21.1 Å². The van der Waals surface area contributed by atoms with Crippen LogP contribution in [-0.4, -0.2) is 14.3 Å². The third-order valence-electron chi connectivity index (χ3n) is 2.42. The van der Waals surface area contributed by atoms with Crippen molar-refractivity contribution in [2.75, 3.05) is 0 Å². The molecule has 0 aliphatic carbocycles. The molecule has 0 saturated carbocycles. The highest BCUT2D eigenvalue weighted by atomic mass is 32.1. The molecule has 0 aliphatic rings. The van der Waals surface area contributed by atoms with E-state index in [-0.39, 0.29) is 11.0 Å². The first kappa shape index (κ1) is 11.3. The molecule has 1 N–H and O–H groups in total. The molecule has 2 heterocycles. The van der Waals surface area contributed by atoms with Crippen LogP contribution in [-0.2, 0) is 11.8 Å². The summed E-state index contributed by atoms with van der Waals surface area (Å²) in [6.45, 7) is 8.19. The minimum absolute atomic E-state index is 0.0676. The molecule has 0 fully saturated rings. The molecule has 0 aromatic carbocycles. The largest absolute Gasteiger partial charge is 0.310 e. The average Bonchev–Trinajstić information content (AvgIpc) is 2.60. The van der Waals surface area contributed by atoms with Gasteiger partial charge in [0.1, 0.15) is 11.2 Å². The van der Waals surface area contributed by atoms with E-state index in [0.29, 0.717) is 23.3 Å². The summed E-state index contributed by atoms with van der Waals surface area (Å²) in [4.78, 5) is 20.1. The van der Waals surface area contributed by atoms with Gasteiger partial charge in [0.05, 0.1) is 0 Å². The Morgan fingerprint density at radius 1 is 1.38 bits per heavy atom. The van der Waals surface area contributed by atoms with Crippen LogP contribution in [0.4, 0.5) is 0 Å². The van der Waals surface area contributed by atoms with Gasteiger partial charge in [0.15, 0.2) is 5.65 Å². The number of nitrogens with zero attached hydrogens (tertiary/aromatic N) is 2. The summed E-state index contributed by atoms with van der Waals surface area (Å²) in [7, 11) is 0. The van der Waals surface area contributed by atoms with E-state index < -0.39 is 0 Å². The van der Waals surface area contributed by atoms with E-state index in [1.54, 1.807) is 0 Å². The number of H-pyrrole nitrogens is 1. The van der Waals surface area contributed by atoms with E-state index in [1.165, 1.54) is 11.5 Å². The molecule has 5 heteroatoms. The fourth-order valence-corrected chi connectivity index (χ4v) is 2.45. The predicted octanol–water partition coefficient (Wildman–Crippen LogP) is 2.24. The van der Waals surface area contributed by atoms with Crippen LogP contribution in [0.25, 0.3) is 11.0 Å². The van der Waals surface area contributed by atoms with E-state index in [4.69, 9.17) is 0 Å². The fraction of sp³-hybridized carbons (Fsp3) is 0.545. The second-order valence-electron chi connectivity index (χ2n) is 4.83. The third-order valence-corrected chi connectivity index (χ3v) is 3.68. The van der Waals surface area contributed by atoms with Crippen molar-refractivity contribution < 1.29 is 0 Å². The van der Waals surface area contributed by atoms with Crippen LogP contribution in [0.1, 0.15) is 38.4 Å². The molecule has 4 nitrogen and oxygen atoms in total. The number of aromatic nitrogens is 3. The zero-order valence-corrected chi connectivity index (χ0v) is 10.7. The number of aromatic amines is 1. The van der Waals surface area contributed by atoms with E-state index in [1.807, 2.05) is 6.92 Å². The molecule has 2 aromatic rings. The number of hydrogen-bond acceptors (Lipinski definition) is 4. The van der Waals surface area contributed by atoms with Gasteiger partial charge in [-0.25, -0.2) is 4.98 Å². The molecule has 0 atom stereocenters. The van der Waals surface area contributed by atoms with Gasteiger partial charge < -0.3 is 4.98 Å². The monoisotopic (exact) mass is 237 g/mol. The first-order chi connectivity index (χ1) is 7.43. The van der Waals surface area contributed by atoms with Gasteiger partial charge in [-0.05, 0) is 16.9 Å². The summed E-state index contributed by atoms with van der Waals surface area (Å²) >= 11 is 1.37. The lowest BCUT2D eigenvalue weighted by Gasteiger charge is -2.15. The van der Waals surface area contributed by atoms with Crippen molar-refractivity contribution >= 4 is 22.6 Å². The van der Waals surface area contributed by atoms with Gasteiger partial charge >= 0.3 is 0 Å². The molecule has 2 aromatic heterocycles. The van der Waals surface area contributed by atoms with Gasteiger partial charge in [-0.1, -0.05) is 27.7 Å². The lowest BCUT2D eigenvalue weighted by molar-refractivity contribution is 0.608. The minimum Gasteiger partial charge on any atom is -0.310 e. The van der Waals surface area contributed by atoms with Crippen LogP contribution in [0, 0.1) is 0 Å². The van der Waals surface area contributed by atoms with Gasteiger partial charge in [0, 0.05) is 11.3 Å². The molecule has 0 spiro atoms. The Morgan fingerprint density at radius 2 is 2.06 bits per heavy atom. The Kier molecular flexibility index (Phi) is 2.58. The van der Waals surface area contributed by atoms with Crippen molar-refractivity contribution in [1.29, 1.82) is 0 Å². The van der Waals surface area contributed by atoms with Gasteiger partial charge in [0.25, 0.3) is 5.56 Å². The topological polar surface area (TPSA) is 58.6 Å². The zero-order chi connectivity index (χ0) is 11.9. The summed E-state index contributed by atoms with van der Waals surface area (Å²) in [5, 5.41) is 0.648. The quantitative estimate of drug-likeness (QED) is 0.827. The number of aryl methyl sites for hydroxylation is 1. The standard InChI is InChI=1S/C11H15N3OS/c1-5-6-12-9-7(10(15)13-6)8(16-14-9)11(2,3)4/h5H2,1-4H3,(H,12,13,14,15). The molecule has 2 rings (SSSR count). The third kappa shape index (κ3) is 1.75. The van der Waals surface area contributed by atoms with Crippen LogP contribution in [0.5, 0.6) is 0 Å². The summed E-state index contributed by atoms with van der Waals surface area (Å²) in [5.41, 5.74) is 0.443. The van der Waals surface area contributed by atoms with Crippen molar-refractivity contribution in [3.63, 3.8) is 0 Å². The minimum atomic E-state index is -0.0690. The van der Waals surface area contributed by atoms with Gasteiger partial charge in [0.2, 0.25) is 0 Å². The molecular formula is C11H15N3OS. The van der Waals surface area contributed by atoms with Crippen molar-refractivity contribution in [2.24, 2.45) is 0 Å². The molecule has 16 heavy (non-hydrogen) atoms. The van der Waals surface area contributed by atoms with Crippen LogP contribution in [0.2, 0.25) is 0 Å². The highest BCUT2D eigenvalue weighted by Gasteiger charge is 2.23. The second-order valence-corrected chi connectivity index (χ2v) is 5.60. The summed E-state index contributed by atoms with van der Waals surface area (Å²) in [6.07, 6.45) is 0.716. The van der Waals surface area contributed by atoms with Gasteiger partial charge in [-0.3, -0.25) is 4.79 Å². The number of fused-ring (bicyclic) bond motifs is 1. The van der Waals surface area contributed by atoms with Crippen molar-refractivity contribution in [3.8, 4) is 0 Å². The summed E-state index contributed by atoms with van der Waals surface area (Å²) in [6, 6.07) is 0. The Labute approximate surface area is 97.9 Å². The second kappa shape index (κ2) is 3.66.